The Morgan fingerprint density at radius 3 is 2.80 bits per heavy atom. The van der Waals surface area contributed by atoms with Gasteiger partial charge in [-0.1, -0.05) is 54.1 Å². The van der Waals surface area contributed by atoms with Crippen molar-refractivity contribution in [3.8, 4) is 0 Å². The second kappa shape index (κ2) is 5.80. The van der Waals surface area contributed by atoms with Crippen LogP contribution in [0.4, 0.5) is 0 Å². The zero-order valence-corrected chi connectivity index (χ0v) is 12.4. The van der Waals surface area contributed by atoms with Gasteiger partial charge in [-0.2, -0.15) is 0 Å². The SMILES string of the molecule is Cc1cccc(C(C)NC2CCCc3ccccc32)c1. The van der Waals surface area contributed by atoms with E-state index in [1.54, 1.807) is 0 Å². The molecule has 0 saturated heterocycles. The molecule has 0 aromatic heterocycles. The third kappa shape index (κ3) is 2.78. The maximum absolute atomic E-state index is 3.82. The van der Waals surface area contributed by atoms with Crippen LogP contribution >= 0.6 is 0 Å². The molecule has 1 aliphatic carbocycles. The minimum atomic E-state index is 0.394. The molecule has 0 radical (unpaired) electrons. The lowest BCUT2D eigenvalue weighted by molar-refractivity contribution is 0.415. The molecular formula is C19H23N. The normalized spacial score (nSPS) is 19.4. The van der Waals surface area contributed by atoms with Crippen molar-refractivity contribution in [2.75, 3.05) is 0 Å². The van der Waals surface area contributed by atoms with Gasteiger partial charge in [0.25, 0.3) is 0 Å². The van der Waals surface area contributed by atoms with Gasteiger partial charge in [0.2, 0.25) is 0 Å². The molecule has 0 spiro atoms. The summed E-state index contributed by atoms with van der Waals surface area (Å²) in [5, 5.41) is 3.82. The van der Waals surface area contributed by atoms with E-state index in [-0.39, 0.29) is 0 Å². The van der Waals surface area contributed by atoms with Crippen LogP contribution in [0.3, 0.4) is 0 Å². The fourth-order valence-electron chi connectivity index (χ4n) is 3.26. The van der Waals surface area contributed by atoms with Gasteiger partial charge in [0.15, 0.2) is 0 Å². The predicted molar refractivity (Wildman–Crippen MR) is 84.9 cm³/mol. The first kappa shape index (κ1) is 13.4. The van der Waals surface area contributed by atoms with Crippen LogP contribution in [0.1, 0.15) is 54.1 Å². The van der Waals surface area contributed by atoms with E-state index in [9.17, 15) is 0 Å². The van der Waals surface area contributed by atoms with E-state index in [0.29, 0.717) is 12.1 Å². The van der Waals surface area contributed by atoms with Crippen LogP contribution in [0.5, 0.6) is 0 Å². The van der Waals surface area contributed by atoms with Gasteiger partial charge < -0.3 is 5.32 Å². The van der Waals surface area contributed by atoms with E-state index in [1.165, 1.54) is 41.5 Å². The van der Waals surface area contributed by atoms with E-state index < -0.39 is 0 Å². The lowest BCUT2D eigenvalue weighted by Crippen LogP contribution is -2.27. The Kier molecular flexibility index (Phi) is 3.88. The molecule has 0 saturated carbocycles. The molecular weight excluding hydrogens is 242 g/mol. The highest BCUT2D eigenvalue weighted by Crippen LogP contribution is 2.31. The second-order valence-electron chi connectivity index (χ2n) is 5.95. The first-order valence-corrected chi connectivity index (χ1v) is 7.64. The summed E-state index contributed by atoms with van der Waals surface area (Å²) in [5.74, 6) is 0. The van der Waals surface area contributed by atoms with Crippen LogP contribution < -0.4 is 5.32 Å². The van der Waals surface area contributed by atoms with Gasteiger partial charge in [-0.25, -0.2) is 0 Å². The number of rotatable bonds is 3. The quantitative estimate of drug-likeness (QED) is 0.846. The number of nitrogens with one attached hydrogen (secondary N) is 1. The fourth-order valence-corrected chi connectivity index (χ4v) is 3.26. The lowest BCUT2D eigenvalue weighted by Gasteiger charge is -2.29. The molecule has 2 aromatic rings. The van der Waals surface area contributed by atoms with E-state index in [1.807, 2.05) is 0 Å². The zero-order chi connectivity index (χ0) is 13.9. The molecule has 104 valence electrons. The van der Waals surface area contributed by atoms with Crippen molar-refractivity contribution >= 4 is 0 Å². The molecule has 2 unspecified atom stereocenters. The molecule has 2 aromatic carbocycles. The second-order valence-corrected chi connectivity index (χ2v) is 5.95. The van der Waals surface area contributed by atoms with Crippen LogP contribution in [0, 0.1) is 6.92 Å². The largest absolute Gasteiger partial charge is 0.303 e. The summed E-state index contributed by atoms with van der Waals surface area (Å²) in [7, 11) is 0. The molecule has 0 heterocycles. The number of fused-ring (bicyclic) bond motifs is 1. The Hall–Kier alpha value is -1.60. The Bertz CT molecular complexity index is 588. The molecule has 0 fully saturated rings. The number of hydrogen-bond donors (Lipinski definition) is 1. The summed E-state index contributed by atoms with van der Waals surface area (Å²) in [5.41, 5.74) is 5.74. The van der Waals surface area contributed by atoms with Crippen molar-refractivity contribution in [3.63, 3.8) is 0 Å². The first-order chi connectivity index (χ1) is 9.74. The minimum absolute atomic E-state index is 0.394. The summed E-state index contributed by atoms with van der Waals surface area (Å²) in [4.78, 5) is 0. The smallest absolute Gasteiger partial charge is 0.0328 e. The van der Waals surface area contributed by atoms with Gasteiger partial charge in [-0.3, -0.25) is 0 Å². The summed E-state index contributed by atoms with van der Waals surface area (Å²) < 4.78 is 0. The van der Waals surface area contributed by atoms with Gasteiger partial charge in [0.1, 0.15) is 0 Å². The average Bonchev–Trinajstić information content (AvgIpc) is 2.47. The maximum Gasteiger partial charge on any atom is 0.0328 e. The zero-order valence-electron chi connectivity index (χ0n) is 12.4. The van der Waals surface area contributed by atoms with Gasteiger partial charge in [0.05, 0.1) is 0 Å². The van der Waals surface area contributed by atoms with Crippen molar-refractivity contribution < 1.29 is 0 Å². The highest BCUT2D eigenvalue weighted by atomic mass is 14.9. The third-order valence-electron chi connectivity index (χ3n) is 4.36. The number of aryl methyl sites for hydroxylation is 2. The molecule has 1 nitrogen and oxygen atoms in total. The maximum atomic E-state index is 3.82. The molecule has 0 aliphatic heterocycles. The standard InChI is InChI=1S/C19H23N/c1-14-7-5-10-17(13-14)15(2)20-19-12-6-9-16-8-3-4-11-18(16)19/h3-5,7-8,10-11,13,15,19-20H,6,9,12H2,1-2H3. The van der Waals surface area contributed by atoms with Gasteiger partial charge >= 0.3 is 0 Å². The summed E-state index contributed by atoms with van der Waals surface area (Å²) in [6, 6.07) is 18.6. The Labute approximate surface area is 122 Å². The summed E-state index contributed by atoms with van der Waals surface area (Å²) in [6.07, 6.45) is 3.76. The summed E-state index contributed by atoms with van der Waals surface area (Å²) in [6.45, 7) is 4.43. The van der Waals surface area contributed by atoms with Crippen LogP contribution in [0.15, 0.2) is 48.5 Å². The van der Waals surface area contributed by atoms with Crippen molar-refractivity contribution in [1.82, 2.24) is 5.32 Å². The van der Waals surface area contributed by atoms with Crippen molar-refractivity contribution in [3.05, 3.63) is 70.8 Å². The Morgan fingerprint density at radius 2 is 1.95 bits per heavy atom. The highest BCUT2D eigenvalue weighted by molar-refractivity contribution is 5.33. The number of benzene rings is 2. The molecule has 3 rings (SSSR count). The molecule has 1 heteroatoms. The summed E-state index contributed by atoms with van der Waals surface area (Å²) >= 11 is 0. The van der Waals surface area contributed by atoms with E-state index in [2.05, 4.69) is 67.7 Å². The first-order valence-electron chi connectivity index (χ1n) is 7.64. The molecule has 0 amide bonds. The van der Waals surface area contributed by atoms with Crippen molar-refractivity contribution in [1.29, 1.82) is 0 Å². The Morgan fingerprint density at radius 1 is 1.10 bits per heavy atom. The molecule has 2 atom stereocenters. The van der Waals surface area contributed by atoms with Crippen LogP contribution in [0.25, 0.3) is 0 Å². The third-order valence-corrected chi connectivity index (χ3v) is 4.36. The molecule has 1 aliphatic rings. The van der Waals surface area contributed by atoms with E-state index >= 15 is 0 Å². The van der Waals surface area contributed by atoms with Crippen LogP contribution in [-0.2, 0) is 6.42 Å². The topological polar surface area (TPSA) is 12.0 Å². The fraction of sp³-hybridized carbons (Fsp3) is 0.368. The average molecular weight is 265 g/mol. The molecule has 0 bridgehead atoms. The van der Waals surface area contributed by atoms with Crippen LogP contribution in [0.2, 0.25) is 0 Å². The number of hydrogen-bond acceptors (Lipinski definition) is 1. The predicted octanol–water partition coefficient (Wildman–Crippen LogP) is 4.72. The molecule has 20 heavy (non-hydrogen) atoms. The van der Waals surface area contributed by atoms with Crippen molar-refractivity contribution in [2.45, 2.75) is 45.2 Å². The van der Waals surface area contributed by atoms with E-state index in [0.717, 1.165) is 0 Å². The van der Waals surface area contributed by atoms with Crippen LogP contribution in [-0.4, -0.2) is 0 Å². The van der Waals surface area contributed by atoms with Gasteiger partial charge in [0, 0.05) is 12.1 Å². The lowest BCUT2D eigenvalue weighted by atomic mass is 9.87. The van der Waals surface area contributed by atoms with E-state index in [4.69, 9.17) is 0 Å². The van der Waals surface area contributed by atoms with Crippen molar-refractivity contribution in [2.24, 2.45) is 0 Å². The minimum Gasteiger partial charge on any atom is -0.303 e. The monoisotopic (exact) mass is 265 g/mol. The Balaban J connectivity index is 1.79. The van der Waals surface area contributed by atoms with Gasteiger partial charge in [-0.15, -0.1) is 0 Å². The highest BCUT2D eigenvalue weighted by Gasteiger charge is 2.21. The van der Waals surface area contributed by atoms with Gasteiger partial charge in [-0.05, 0) is 49.8 Å². The molecule has 1 N–H and O–H groups in total.